The lowest BCUT2D eigenvalue weighted by Crippen LogP contribution is -2.36. The van der Waals surface area contributed by atoms with Crippen molar-refractivity contribution in [1.82, 2.24) is 9.78 Å². The van der Waals surface area contributed by atoms with Crippen LogP contribution in [-0.4, -0.2) is 35.6 Å². The maximum atomic E-state index is 12.3. The molecule has 6 heteroatoms. The highest BCUT2D eigenvalue weighted by atomic mass is 16.6. The summed E-state index contributed by atoms with van der Waals surface area (Å²) >= 11 is 0. The van der Waals surface area contributed by atoms with Crippen molar-refractivity contribution in [1.29, 1.82) is 0 Å². The van der Waals surface area contributed by atoms with E-state index < -0.39 is 0 Å². The molecule has 1 atom stereocenters. The number of hydrogen-bond acceptors (Lipinski definition) is 5. The summed E-state index contributed by atoms with van der Waals surface area (Å²) in [5, 5.41) is 4.55. The summed E-state index contributed by atoms with van der Waals surface area (Å²) < 4.78 is 18.0. The number of aromatic nitrogens is 2. The summed E-state index contributed by atoms with van der Waals surface area (Å²) in [4.78, 5) is 12.3. The molecule has 1 aliphatic rings. The Labute approximate surface area is 150 Å². The van der Waals surface area contributed by atoms with Crippen LogP contribution >= 0.6 is 0 Å². The number of para-hydroxylation sites is 1. The summed E-state index contributed by atoms with van der Waals surface area (Å²) in [7, 11) is 1.62. The average molecular weight is 350 g/mol. The van der Waals surface area contributed by atoms with Gasteiger partial charge in [0.2, 0.25) is 0 Å². The van der Waals surface area contributed by atoms with Gasteiger partial charge in [-0.25, -0.2) is 4.79 Å². The zero-order chi connectivity index (χ0) is 17.9. The van der Waals surface area contributed by atoms with E-state index in [9.17, 15) is 4.79 Å². The Morgan fingerprint density at radius 3 is 2.62 bits per heavy atom. The number of carbonyl (C=O) groups excluding carboxylic acids is 1. The molecule has 2 heterocycles. The maximum Gasteiger partial charge on any atom is 0.357 e. The van der Waals surface area contributed by atoms with E-state index in [4.69, 9.17) is 14.2 Å². The Balaban J connectivity index is 1.49. The number of carbonyl (C=O) groups is 1. The van der Waals surface area contributed by atoms with E-state index in [1.54, 1.807) is 17.9 Å². The lowest BCUT2D eigenvalue weighted by Gasteiger charge is -2.23. The second-order valence-corrected chi connectivity index (χ2v) is 5.98. The molecule has 0 N–H and O–H groups in total. The number of esters is 1. The molecular weight excluding hydrogens is 332 g/mol. The van der Waals surface area contributed by atoms with Crippen molar-refractivity contribution in [2.45, 2.75) is 12.6 Å². The Bertz CT molecular complexity index is 903. The Hall–Kier alpha value is -3.28. The fourth-order valence-electron chi connectivity index (χ4n) is 2.86. The highest BCUT2D eigenvalue weighted by Crippen LogP contribution is 2.25. The molecule has 132 valence electrons. The van der Waals surface area contributed by atoms with Crippen LogP contribution in [0.5, 0.6) is 11.5 Å². The van der Waals surface area contributed by atoms with E-state index in [2.05, 4.69) is 5.10 Å². The Morgan fingerprint density at radius 2 is 1.88 bits per heavy atom. The number of fused-ring (bicyclic) bond motifs is 1. The van der Waals surface area contributed by atoms with Gasteiger partial charge in [-0.15, -0.1) is 0 Å². The first kappa shape index (κ1) is 16.2. The second-order valence-electron chi connectivity index (χ2n) is 5.98. The number of methoxy groups -OCH3 is 1. The first-order valence-corrected chi connectivity index (χ1v) is 8.34. The predicted octanol–water partition coefficient (Wildman–Crippen LogP) is 3.18. The molecule has 0 aliphatic carbocycles. The molecule has 0 radical (unpaired) electrons. The van der Waals surface area contributed by atoms with Gasteiger partial charge in [0, 0.05) is 5.56 Å². The van der Waals surface area contributed by atoms with E-state index in [0.717, 1.165) is 22.8 Å². The van der Waals surface area contributed by atoms with Crippen LogP contribution in [0, 0.1) is 0 Å². The summed E-state index contributed by atoms with van der Waals surface area (Å²) in [5.41, 5.74) is 2.09. The largest absolute Gasteiger partial charge is 0.497 e. The van der Waals surface area contributed by atoms with Crippen LogP contribution < -0.4 is 9.47 Å². The van der Waals surface area contributed by atoms with Crippen LogP contribution in [0.25, 0.3) is 11.3 Å². The van der Waals surface area contributed by atoms with Crippen molar-refractivity contribution in [2.24, 2.45) is 0 Å². The van der Waals surface area contributed by atoms with Crippen LogP contribution in [0.1, 0.15) is 10.5 Å². The van der Waals surface area contributed by atoms with Gasteiger partial charge in [0.15, 0.2) is 6.10 Å². The van der Waals surface area contributed by atoms with Crippen molar-refractivity contribution < 1.29 is 19.0 Å². The van der Waals surface area contributed by atoms with Gasteiger partial charge < -0.3 is 14.2 Å². The number of ether oxygens (including phenoxy) is 3. The van der Waals surface area contributed by atoms with Crippen molar-refractivity contribution >= 4 is 5.97 Å². The van der Waals surface area contributed by atoms with Gasteiger partial charge in [0.25, 0.3) is 0 Å². The van der Waals surface area contributed by atoms with Crippen molar-refractivity contribution in [3.05, 3.63) is 66.4 Å². The third-order valence-electron chi connectivity index (χ3n) is 4.20. The van der Waals surface area contributed by atoms with Crippen LogP contribution in [0.4, 0.5) is 0 Å². The quantitative estimate of drug-likeness (QED) is 0.662. The molecule has 6 nitrogen and oxygen atoms in total. The van der Waals surface area contributed by atoms with Crippen LogP contribution in [0.15, 0.2) is 60.7 Å². The first-order valence-electron chi connectivity index (χ1n) is 8.34. The van der Waals surface area contributed by atoms with Gasteiger partial charge in [-0.1, -0.05) is 18.2 Å². The molecule has 0 amide bonds. The fourth-order valence-corrected chi connectivity index (χ4v) is 2.86. The molecule has 2 aromatic carbocycles. The molecule has 0 saturated carbocycles. The van der Waals surface area contributed by atoms with Gasteiger partial charge in [-0.05, 0) is 42.5 Å². The van der Waals surface area contributed by atoms with Gasteiger partial charge >= 0.3 is 5.97 Å². The standard InChI is InChI=1S/C20H18N2O4/c1-24-15-9-7-14(8-10-15)18-11-19-20(23)26-17(12-22(19)21-18)13-25-16-5-3-2-4-6-16/h2-11,17H,12-13H2,1H3. The highest BCUT2D eigenvalue weighted by molar-refractivity contribution is 5.89. The topological polar surface area (TPSA) is 62.6 Å². The number of hydrogen-bond donors (Lipinski definition) is 0. The maximum absolute atomic E-state index is 12.3. The van der Waals surface area contributed by atoms with E-state index in [1.165, 1.54) is 0 Å². The predicted molar refractivity (Wildman–Crippen MR) is 95.4 cm³/mol. The summed E-state index contributed by atoms with van der Waals surface area (Å²) in [5.74, 6) is 1.13. The summed E-state index contributed by atoms with van der Waals surface area (Å²) in [6, 6.07) is 18.7. The normalized spacial score (nSPS) is 15.9. The lowest BCUT2D eigenvalue weighted by atomic mass is 10.1. The molecule has 0 fully saturated rings. The van der Waals surface area contributed by atoms with E-state index in [0.29, 0.717) is 12.2 Å². The molecule has 26 heavy (non-hydrogen) atoms. The molecule has 3 aromatic rings. The summed E-state index contributed by atoms with van der Waals surface area (Å²) in [6.45, 7) is 0.747. The smallest absolute Gasteiger partial charge is 0.357 e. The SMILES string of the molecule is COc1ccc(-c2cc3n(n2)CC(COc2ccccc2)OC3=O)cc1. The van der Waals surface area contributed by atoms with Gasteiger partial charge in [-0.3, -0.25) is 4.68 Å². The minimum Gasteiger partial charge on any atom is -0.497 e. The minimum absolute atomic E-state index is 0.285. The zero-order valence-electron chi connectivity index (χ0n) is 14.3. The van der Waals surface area contributed by atoms with Crippen molar-refractivity contribution in [2.75, 3.05) is 13.7 Å². The highest BCUT2D eigenvalue weighted by Gasteiger charge is 2.29. The van der Waals surface area contributed by atoms with Crippen LogP contribution in [0.2, 0.25) is 0 Å². The molecule has 1 unspecified atom stereocenters. The monoisotopic (exact) mass is 350 g/mol. The number of benzene rings is 2. The minimum atomic E-state index is -0.384. The van der Waals surface area contributed by atoms with Gasteiger partial charge in [0.1, 0.15) is 23.8 Å². The van der Waals surface area contributed by atoms with E-state index >= 15 is 0 Å². The molecule has 1 aromatic heterocycles. The second kappa shape index (κ2) is 6.92. The van der Waals surface area contributed by atoms with E-state index in [1.807, 2.05) is 54.6 Å². The molecule has 0 bridgehead atoms. The molecular formula is C20H18N2O4. The van der Waals surface area contributed by atoms with E-state index in [-0.39, 0.29) is 18.7 Å². The van der Waals surface area contributed by atoms with Crippen molar-refractivity contribution in [3.8, 4) is 22.8 Å². The summed E-state index contributed by atoms with van der Waals surface area (Å²) in [6.07, 6.45) is -0.376. The van der Waals surface area contributed by atoms with Crippen LogP contribution in [-0.2, 0) is 11.3 Å². The molecule has 4 rings (SSSR count). The third-order valence-corrected chi connectivity index (χ3v) is 4.20. The molecule has 0 spiro atoms. The van der Waals surface area contributed by atoms with Crippen LogP contribution in [0.3, 0.4) is 0 Å². The first-order chi connectivity index (χ1) is 12.7. The van der Waals surface area contributed by atoms with Crippen molar-refractivity contribution in [3.63, 3.8) is 0 Å². The zero-order valence-corrected chi connectivity index (χ0v) is 14.3. The number of cyclic esters (lactones) is 1. The Morgan fingerprint density at radius 1 is 1.12 bits per heavy atom. The van der Waals surface area contributed by atoms with Gasteiger partial charge in [0.05, 0.1) is 19.3 Å². The molecule has 0 saturated heterocycles. The Kier molecular flexibility index (Phi) is 4.31. The number of nitrogens with zero attached hydrogens (tertiary/aromatic N) is 2. The molecule has 1 aliphatic heterocycles. The fraction of sp³-hybridized carbons (Fsp3) is 0.200. The third kappa shape index (κ3) is 3.26. The lowest BCUT2D eigenvalue weighted by molar-refractivity contribution is 0.000345. The van der Waals surface area contributed by atoms with Gasteiger partial charge in [-0.2, -0.15) is 5.10 Å². The number of rotatable bonds is 5. The average Bonchev–Trinajstić information content (AvgIpc) is 3.12.